The van der Waals surface area contributed by atoms with Gasteiger partial charge in [-0.1, -0.05) is 64.2 Å². The number of carbonyl (C=O) groups excluding carboxylic acids is 1. The Labute approximate surface area is 238 Å². The van der Waals surface area contributed by atoms with E-state index in [0.717, 1.165) is 49.9 Å². The molecule has 0 spiro atoms. The highest BCUT2D eigenvalue weighted by Crippen LogP contribution is 2.47. The van der Waals surface area contributed by atoms with E-state index in [1.165, 1.54) is 19.3 Å². The summed E-state index contributed by atoms with van der Waals surface area (Å²) in [6.45, 7) is 6.62. The fourth-order valence-corrected chi connectivity index (χ4v) is 5.96. The molecular formula is C32H44N2O6. The van der Waals surface area contributed by atoms with Gasteiger partial charge >= 0.3 is 5.97 Å². The molecule has 4 rings (SSSR count). The highest BCUT2D eigenvalue weighted by molar-refractivity contribution is 5.79. The van der Waals surface area contributed by atoms with E-state index in [1.807, 2.05) is 47.4 Å². The Morgan fingerprint density at radius 1 is 0.925 bits per heavy atom. The number of ether oxygens (including phenoxy) is 3. The second kappa shape index (κ2) is 14.4. The van der Waals surface area contributed by atoms with E-state index >= 15 is 0 Å². The lowest BCUT2D eigenvalue weighted by atomic mass is 9.82. The van der Waals surface area contributed by atoms with Gasteiger partial charge in [0.2, 0.25) is 12.7 Å². The minimum atomic E-state index is -0.878. The number of likely N-dealkylation sites (tertiary alicyclic amines) is 1. The fraction of sp³-hybridized carbons (Fsp3) is 0.562. The Hall–Kier alpha value is -3.26. The van der Waals surface area contributed by atoms with Crippen LogP contribution in [0.4, 0.5) is 0 Å². The first-order valence-electron chi connectivity index (χ1n) is 14.7. The molecule has 0 saturated carbocycles. The molecule has 2 aromatic carbocycles. The van der Waals surface area contributed by atoms with Gasteiger partial charge in [0, 0.05) is 31.6 Å². The Kier molecular flexibility index (Phi) is 10.7. The zero-order chi connectivity index (χ0) is 28.5. The maximum absolute atomic E-state index is 13.8. The summed E-state index contributed by atoms with van der Waals surface area (Å²) >= 11 is 0. The molecule has 0 bridgehead atoms. The van der Waals surface area contributed by atoms with Crippen molar-refractivity contribution in [3.8, 4) is 17.2 Å². The normalized spacial score (nSPS) is 20.0. The first kappa shape index (κ1) is 29.7. The number of benzene rings is 2. The van der Waals surface area contributed by atoms with Crippen LogP contribution in [0.3, 0.4) is 0 Å². The van der Waals surface area contributed by atoms with Crippen molar-refractivity contribution in [2.75, 3.05) is 40.1 Å². The topological polar surface area (TPSA) is 88.5 Å². The van der Waals surface area contributed by atoms with Gasteiger partial charge in [-0.3, -0.25) is 14.5 Å². The van der Waals surface area contributed by atoms with Crippen LogP contribution in [0.2, 0.25) is 0 Å². The molecule has 1 N–H and O–H groups in total. The molecule has 3 atom stereocenters. The lowest BCUT2D eigenvalue weighted by Gasteiger charge is -2.30. The number of hydrogen-bond donors (Lipinski definition) is 1. The summed E-state index contributed by atoms with van der Waals surface area (Å²) in [7, 11) is 1.61. The predicted octanol–water partition coefficient (Wildman–Crippen LogP) is 5.86. The largest absolute Gasteiger partial charge is 0.497 e. The summed E-state index contributed by atoms with van der Waals surface area (Å²) in [6.07, 6.45) is 7.69. The van der Waals surface area contributed by atoms with Crippen molar-refractivity contribution in [2.45, 2.75) is 70.8 Å². The molecule has 218 valence electrons. The SMILES string of the molecule is CCCCCCCN(CCCC)C(=O)CN1CC(c2ccc3c(c2)OCO3)C(C(=O)O)C1c1ccc(OC)cc1. The third-order valence-electron chi connectivity index (χ3n) is 8.17. The van der Waals surface area contributed by atoms with Crippen molar-refractivity contribution in [2.24, 2.45) is 5.92 Å². The van der Waals surface area contributed by atoms with E-state index in [4.69, 9.17) is 14.2 Å². The van der Waals surface area contributed by atoms with Crippen molar-refractivity contribution < 1.29 is 28.9 Å². The summed E-state index contributed by atoms with van der Waals surface area (Å²) in [4.78, 5) is 30.7. The summed E-state index contributed by atoms with van der Waals surface area (Å²) in [5.41, 5.74) is 1.74. The summed E-state index contributed by atoms with van der Waals surface area (Å²) in [5.74, 6) is 0.140. The molecule has 0 aromatic heterocycles. The molecule has 1 saturated heterocycles. The standard InChI is InChI=1S/C32H44N2O6/c1-4-6-8-9-10-18-33(17-7-5-2)29(35)21-34-20-26(24-13-16-27-28(19-24)40-22-39-27)30(32(36)37)31(34)23-11-14-25(38-3)15-12-23/h11-16,19,26,30-31H,4-10,17-18,20-22H2,1-3H3,(H,36,37). The first-order chi connectivity index (χ1) is 19.5. The van der Waals surface area contributed by atoms with E-state index in [-0.39, 0.29) is 25.2 Å². The smallest absolute Gasteiger partial charge is 0.309 e. The molecule has 2 aliphatic heterocycles. The Morgan fingerprint density at radius 3 is 2.30 bits per heavy atom. The molecule has 1 amide bonds. The second-order valence-corrected chi connectivity index (χ2v) is 10.9. The van der Waals surface area contributed by atoms with Gasteiger partial charge in [0.15, 0.2) is 11.5 Å². The van der Waals surface area contributed by atoms with Gasteiger partial charge < -0.3 is 24.2 Å². The van der Waals surface area contributed by atoms with Crippen molar-refractivity contribution >= 4 is 11.9 Å². The van der Waals surface area contributed by atoms with Crippen molar-refractivity contribution in [1.82, 2.24) is 9.80 Å². The maximum atomic E-state index is 13.8. The average Bonchev–Trinajstić information content (AvgIpc) is 3.59. The lowest BCUT2D eigenvalue weighted by Crippen LogP contribution is -2.42. The van der Waals surface area contributed by atoms with Gasteiger partial charge in [0.25, 0.3) is 0 Å². The highest BCUT2D eigenvalue weighted by Gasteiger charge is 2.48. The van der Waals surface area contributed by atoms with Crippen LogP contribution in [-0.4, -0.2) is 66.9 Å². The number of unbranched alkanes of at least 4 members (excludes halogenated alkanes) is 5. The number of carboxylic acid groups (broad SMARTS) is 1. The highest BCUT2D eigenvalue weighted by atomic mass is 16.7. The molecule has 2 heterocycles. The van der Waals surface area contributed by atoms with E-state index in [0.29, 0.717) is 23.8 Å². The third-order valence-corrected chi connectivity index (χ3v) is 8.17. The van der Waals surface area contributed by atoms with Crippen LogP contribution in [0, 0.1) is 5.92 Å². The van der Waals surface area contributed by atoms with Gasteiger partial charge in [0.1, 0.15) is 5.75 Å². The second-order valence-electron chi connectivity index (χ2n) is 10.9. The predicted molar refractivity (Wildman–Crippen MR) is 154 cm³/mol. The zero-order valence-electron chi connectivity index (χ0n) is 24.1. The quantitative estimate of drug-likeness (QED) is 0.277. The summed E-state index contributed by atoms with van der Waals surface area (Å²) in [5, 5.41) is 10.5. The molecule has 0 aliphatic carbocycles. The van der Waals surface area contributed by atoms with Crippen LogP contribution in [0.25, 0.3) is 0 Å². The summed E-state index contributed by atoms with van der Waals surface area (Å²) in [6, 6.07) is 12.7. The zero-order valence-corrected chi connectivity index (χ0v) is 24.1. The minimum absolute atomic E-state index is 0.0675. The van der Waals surface area contributed by atoms with Gasteiger partial charge in [-0.2, -0.15) is 0 Å². The van der Waals surface area contributed by atoms with Crippen LogP contribution in [-0.2, 0) is 9.59 Å². The molecule has 2 aromatic rings. The Balaban J connectivity index is 1.60. The van der Waals surface area contributed by atoms with E-state index < -0.39 is 17.9 Å². The van der Waals surface area contributed by atoms with E-state index in [9.17, 15) is 14.7 Å². The Morgan fingerprint density at radius 2 is 1.60 bits per heavy atom. The number of amides is 1. The van der Waals surface area contributed by atoms with Gasteiger partial charge in [-0.15, -0.1) is 0 Å². The Bertz CT molecular complexity index is 1120. The molecule has 0 radical (unpaired) electrons. The number of carbonyl (C=O) groups is 2. The molecular weight excluding hydrogens is 508 g/mol. The molecule has 1 fully saturated rings. The van der Waals surface area contributed by atoms with Crippen LogP contribution in [0.15, 0.2) is 42.5 Å². The van der Waals surface area contributed by atoms with E-state index in [1.54, 1.807) is 7.11 Å². The van der Waals surface area contributed by atoms with Crippen molar-refractivity contribution in [3.63, 3.8) is 0 Å². The number of fused-ring (bicyclic) bond motifs is 1. The maximum Gasteiger partial charge on any atom is 0.309 e. The number of methoxy groups -OCH3 is 1. The molecule has 8 nitrogen and oxygen atoms in total. The van der Waals surface area contributed by atoms with Gasteiger partial charge in [0.05, 0.1) is 19.6 Å². The molecule has 2 aliphatic rings. The molecule has 8 heteroatoms. The third kappa shape index (κ3) is 7.08. The number of aliphatic carboxylic acids is 1. The number of hydrogen-bond acceptors (Lipinski definition) is 6. The minimum Gasteiger partial charge on any atom is -0.497 e. The number of carboxylic acids is 1. The lowest BCUT2D eigenvalue weighted by molar-refractivity contribution is -0.144. The van der Waals surface area contributed by atoms with Crippen LogP contribution in [0.1, 0.15) is 81.9 Å². The van der Waals surface area contributed by atoms with Crippen molar-refractivity contribution in [3.05, 3.63) is 53.6 Å². The molecule has 40 heavy (non-hydrogen) atoms. The summed E-state index contributed by atoms with van der Waals surface area (Å²) < 4.78 is 16.4. The average molecular weight is 553 g/mol. The number of nitrogens with zero attached hydrogens (tertiary/aromatic N) is 2. The van der Waals surface area contributed by atoms with Gasteiger partial charge in [-0.05, 0) is 48.2 Å². The van der Waals surface area contributed by atoms with Gasteiger partial charge in [-0.25, -0.2) is 0 Å². The van der Waals surface area contributed by atoms with Crippen LogP contribution >= 0.6 is 0 Å². The first-order valence-corrected chi connectivity index (χ1v) is 14.7. The fourth-order valence-electron chi connectivity index (χ4n) is 5.96. The van der Waals surface area contributed by atoms with E-state index in [2.05, 4.69) is 18.7 Å². The number of rotatable bonds is 15. The monoisotopic (exact) mass is 552 g/mol. The molecule has 3 unspecified atom stereocenters. The van der Waals surface area contributed by atoms with Crippen molar-refractivity contribution in [1.29, 1.82) is 0 Å². The van der Waals surface area contributed by atoms with Crippen LogP contribution in [0.5, 0.6) is 17.2 Å². The van der Waals surface area contributed by atoms with Crippen LogP contribution < -0.4 is 14.2 Å².